The first-order valence-electron chi connectivity index (χ1n) is 5.67. The van der Waals surface area contributed by atoms with E-state index in [1.54, 1.807) is 18.3 Å². The minimum atomic E-state index is -0.662. The van der Waals surface area contributed by atoms with Gasteiger partial charge in [0.05, 0.1) is 5.56 Å². The molecule has 2 aromatic rings. The summed E-state index contributed by atoms with van der Waals surface area (Å²) in [6.07, 6.45) is 1.57. The molecule has 1 heterocycles. The van der Waals surface area contributed by atoms with Gasteiger partial charge in [0, 0.05) is 25.9 Å². The van der Waals surface area contributed by atoms with Crippen LogP contribution in [0.2, 0.25) is 0 Å². The molecule has 4 heteroatoms. The summed E-state index contributed by atoms with van der Waals surface area (Å²) in [6.45, 7) is 0. The van der Waals surface area contributed by atoms with E-state index in [1.807, 2.05) is 19.0 Å². The Hall–Kier alpha value is -2.41. The van der Waals surface area contributed by atoms with Gasteiger partial charge in [0.1, 0.15) is 17.5 Å². The lowest BCUT2D eigenvalue weighted by Crippen LogP contribution is -2.10. The van der Waals surface area contributed by atoms with E-state index in [0.29, 0.717) is 5.56 Å². The highest BCUT2D eigenvalue weighted by Gasteiger charge is 2.04. The number of hydrogen-bond acceptors (Lipinski definition) is 2. The van der Waals surface area contributed by atoms with E-state index >= 15 is 0 Å². The Morgan fingerprint density at radius 3 is 2.21 bits per heavy atom. The van der Waals surface area contributed by atoms with Crippen LogP contribution in [0.25, 0.3) is 0 Å². The molecule has 0 N–H and O–H groups in total. The van der Waals surface area contributed by atoms with Gasteiger partial charge < -0.3 is 4.90 Å². The van der Waals surface area contributed by atoms with E-state index in [-0.39, 0.29) is 5.56 Å². The Morgan fingerprint density at radius 2 is 1.68 bits per heavy atom. The third-order valence-electron chi connectivity index (χ3n) is 2.50. The fraction of sp³-hybridized carbons (Fsp3) is 0.133. The number of anilines is 1. The molecular weight excluding hydrogens is 246 g/mol. The van der Waals surface area contributed by atoms with Crippen molar-refractivity contribution in [2.45, 2.75) is 0 Å². The second kappa shape index (κ2) is 5.49. The van der Waals surface area contributed by atoms with Crippen LogP contribution in [0.4, 0.5) is 14.6 Å². The molecule has 0 amide bonds. The first-order valence-corrected chi connectivity index (χ1v) is 5.67. The van der Waals surface area contributed by atoms with E-state index in [9.17, 15) is 8.78 Å². The van der Waals surface area contributed by atoms with Gasteiger partial charge in [0.15, 0.2) is 0 Å². The molecule has 0 aliphatic heterocycles. The van der Waals surface area contributed by atoms with Crippen LogP contribution in [-0.4, -0.2) is 19.1 Å². The van der Waals surface area contributed by atoms with Crippen molar-refractivity contribution in [2.24, 2.45) is 0 Å². The number of pyridine rings is 1. The van der Waals surface area contributed by atoms with Crippen molar-refractivity contribution in [3.8, 4) is 11.8 Å². The highest BCUT2D eigenvalue weighted by atomic mass is 19.1. The van der Waals surface area contributed by atoms with Gasteiger partial charge in [0.25, 0.3) is 0 Å². The van der Waals surface area contributed by atoms with Crippen molar-refractivity contribution in [3.05, 3.63) is 59.3 Å². The Morgan fingerprint density at radius 1 is 1.00 bits per heavy atom. The lowest BCUT2D eigenvalue weighted by Gasteiger charge is -2.09. The average Bonchev–Trinajstić information content (AvgIpc) is 2.38. The van der Waals surface area contributed by atoms with Gasteiger partial charge in [0.2, 0.25) is 0 Å². The maximum absolute atomic E-state index is 13.4. The molecule has 0 aliphatic carbocycles. The second-order valence-electron chi connectivity index (χ2n) is 4.15. The normalized spacial score (nSPS) is 9.68. The molecule has 1 aromatic carbocycles. The van der Waals surface area contributed by atoms with E-state index in [0.717, 1.165) is 5.82 Å². The molecule has 0 spiro atoms. The number of nitrogens with zero attached hydrogens (tertiary/aromatic N) is 2. The van der Waals surface area contributed by atoms with Gasteiger partial charge in [-0.2, -0.15) is 0 Å². The first kappa shape index (κ1) is 13.0. The number of aromatic nitrogens is 1. The zero-order valence-electron chi connectivity index (χ0n) is 10.6. The molecule has 0 aliphatic rings. The second-order valence-corrected chi connectivity index (χ2v) is 4.15. The van der Waals surface area contributed by atoms with Crippen LogP contribution >= 0.6 is 0 Å². The number of hydrogen-bond donors (Lipinski definition) is 0. The van der Waals surface area contributed by atoms with Crippen LogP contribution in [-0.2, 0) is 0 Å². The number of halogens is 2. The summed E-state index contributed by atoms with van der Waals surface area (Å²) in [4.78, 5) is 6.03. The number of rotatable bonds is 1. The van der Waals surface area contributed by atoms with Crippen molar-refractivity contribution in [3.63, 3.8) is 0 Å². The molecule has 0 unspecified atom stereocenters. The summed E-state index contributed by atoms with van der Waals surface area (Å²) in [6, 6.07) is 7.22. The van der Waals surface area contributed by atoms with Crippen LogP contribution in [0, 0.1) is 23.5 Å². The summed E-state index contributed by atoms with van der Waals surface area (Å²) >= 11 is 0. The van der Waals surface area contributed by atoms with E-state index in [4.69, 9.17) is 0 Å². The van der Waals surface area contributed by atoms with Gasteiger partial charge >= 0.3 is 0 Å². The molecule has 0 radical (unpaired) electrons. The Bertz CT molecular complexity index is 617. The minimum absolute atomic E-state index is 0.223. The van der Waals surface area contributed by atoms with Gasteiger partial charge in [-0.15, -0.1) is 0 Å². The highest BCUT2D eigenvalue weighted by Crippen LogP contribution is 2.11. The summed E-state index contributed by atoms with van der Waals surface area (Å²) in [5, 5.41) is 0. The molecule has 19 heavy (non-hydrogen) atoms. The summed E-state index contributed by atoms with van der Waals surface area (Å²) in [5.41, 5.74) is 0.382. The molecule has 1 aromatic heterocycles. The largest absolute Gasteiger partial charge is 0.363 e. The van der Waals surface area contributed by atoms with Crippen LogP contribution < -0.4 is 4.90 Å². The molecule has 0 saturated heterocycles. The number of benzene rings is 1. The fourth-order valence-corrected chi connectivity index (χ4v) is 1.48. The molecule has 96 valence electrons. The fourth-order valence-electron chi connectivity index (χ4n) is 1.48. The van der Waals surface area contributed by atoms with Gasteiger partial charge in [-0.05, 0) is 24.3 Å². The van der Waals surface area contributed by atoms with Crippen molar-refractivity contribution < 1.29 is 8.78 Å². The predicted octanol–water partition coefficient (Wildman–Crippen LogP) is 2.83. The van der Waals surface area contributed by atoms with E-state index in [1.165, 1.54) is 18.2 Å². The summed E-state index contributed by atoms with van der Waals surface area (Å²) in [7, 11) is 3.75. The zero-order valence-corrected chi connectivity index (χ0v) is 10.6. The Balaban J connectivity index is 2.29. The van der Waals surface area contributed by atoms with E-state index in [2.05, 4.69) is 16.8 Å². The molecule has 0 atom stereocenters. The zero-order chi connectivity index (χ0) is 13.8. The summed E-state index contributed by atoms with van der Waals surface area (Å²) < 4.78 is 26.7. The lowest BCUT2D eigenvalue weighted by atomic mass is 10.2. The Labute approximate surface area is 110 Å². The topological polar surface area (TPSA) is 16.1 Å². The molecule has 2 rings (SSSR count). The third-order valence-corrected chi connectivity index (χ3v) is 2.50. The van der Waals surface area contributed by atoms with Crippen LogP contribution in [0.3, 0.4) is 0 Å². The Kier molecular flexibility index (Phi) is 3.76. The molecule has 0 fully saturated rings. The quantitative estimate of drug-likeness (QED) is 0.731. The van der Waals surface area contributed by atoms with E-state index < -0.39 is 11.6 Å². The first-order chi connectivity index (χ1) is 9.08. The maximum atomic E-state index is 13.4. The molecule has 0 saturated carbocycles. The molecule has 2 nitrogen and oxygen atoms in total. The minimum Gasteiger partial charge on any atom is -0.363 e. The predicted molar refractivity (Wildman–Crippen MR) is 70.9 cm³/mol. The highest BCUT2D eigenvalue weighted by molar-refractivity contribution is 5.46. The molecular formula is C15H12F2N2. The van der Waals surface area contributed by atoms with Crippen molar-refractivity contribution in [1.82, 2.24) is 4.98 Å². The molecule has 0 bridgehead atoms. The van der Waals surface area contributed by atoms with Crippen molar-refractivity contribution in [2.75, 3.05) is 19.0 Å². The maximum Gasteiger partial charge on any atom is 0.141 e. The summed E-state index contributed by atoms with van der Waals surface area (Å²) in [5.74, 6) is 4.66. The standard InChI is InChI=1S/C15H12F2N2/c1-19(2)15-9-7-11(10-18-15)6-8-12-13(16)4-3-5-14(12)17/h3-5,7,9-10H,1-2H3. The van der Waals surface area contributed by atoms with Gasteiger partial charge in [-0.1, -0.05) is 17.9 Å². The SMILES string of the molecule is CN(C)c1ccc(C#Cc2c(F)cccc2F)cn1. The average molecular weight is 258 g/mol. The third kappa shape index (κ3) is 3.08. The van der Waals surface area contributed by atoms with Crippen molar-refractivity contribution in [1.29, 1.82) is 0 Å². The van der Waals surface area contributed by atoms with Gasteiger partial charge in [-0.3, -0.25) is 0 Å². The lowest BCUT2D eigenvalue weighted by molar-refractivity contribution is 0.577. The smallest absolute Gasteiger partial charge is 0.141 e. The monoisotopic (exact) mass is 258 g/mol. The van der Waals surface area contributed by atoms with Gasteiger partial charge in [-0.25, -0.2) is 13.8 Å². The van der Waals surface area contributed by atoms with Crippen LogP contribution in [0.5, 0.6) is 0 Å². The van der Waals surface area contributed by atoms with Crippen LogP contribution in [0.15, 0.2) is 36.5 Å². The van der Waals surface area contributed by atoms with Crippen molar-refractivity contribution >= 4 is 5.82 Å². The van der Waals surface area contributed by atoms with Crippen LogP contribution in [0.1, 0.15) is 11.1 Å².